The van der Waals surface area contributed by atoms with Crippen molar-refractivity contribution in [3.05, 3.63) is 23.9 Å². The van der Waals surface area contributed by atoms with E-state index in [1.807, 2.05) is 6.92 Å². The summed E-state index contributed by atoms with van der Waals surface area (Å²) in [5.74, 6) is -0.238. The number of primary amides is 1. The van der Waals surface area contributed by atoms with Crippen LogP contribution in [0.15, 0.2) is 18.3 Å². The Bertz CT molecular complexity index is 396. The van der Waals surface area contributed by atoms with Crippen molar-refractivity contribution in [1.29, 1.82) is 0 Å². The first-order valence-corrected chi connectivity index (χ1v) is 6.21. The van der Waals surface area contributed by atoms with Crippen LogP contribution >= 0.6 is 0 Å². The first-order chi connectivity index (χ1) is 8.54. The second kappa shape index (κ2) is 6.96. The second-order valence-electron chi connectivity index (χ2n) is 4.39. The van der Waals surface area contributed by atoms with Gasteiger partial charge in [-0.1, -0.05) is 6.92 Å². The van der Waals surface area contributed by atoms with Gasteiger partial charge in [0, 0.05) is 12.2 Å². The Morgan fingerprint density at radius 3 is 2.83 bits per heavy atom. The highest BCUT2D eigenvalue weighted by Crippen LogP contribution is 2.17. The van der Waals surface area contributed by atoms with Gasteiger partial charge < -0.3 is 16.2 Å². The van der Waals surface area contributed by atoms with Gasteiger partial charge in [-0.3, -0.25) is 4.79 Å². The minimum Gasteiger partial charge on any atom is -0.474 e. The molecular formula is C13H21N3O2. The smallest absolute Gasteiger partial charge is 0.254 e. The number of hydrogen-bond acceptors (Lipinski definition) is 4. The van der Waals surface area contributed by atoms with Gasteiger partial charge in [0.1, 0.15) is 5.56 Å². The van der Waals surface area contributed by atoms with Gasteiger partial charge in [0.05, 0.1) is 6.10 Å². The zero-order chi connectivity index (χ0) is 13.5. The van der Waals surface area contributed by atoms with Crippen LogP contribution in [-0.2, 0) is 0 Å². The summed E-state index contributed by atoms with van der Waals surface area (Å²) >= 11 is 0. The topological polar surface area (TPSA) is 91.2 Å². The quantitative estimate of drug-likeness (QED) is 0.767. The van der Waals surface area contributed by atoms with E-state index < -0.39 is 5.91 Å². The van der Waals surface area contributed by atoms with E-state index in [4.69, 9.17) is 16.2 Å². The van der Waals surface area contributed by atoms with Crippen LogP contribution in [0.1, 0.15) is 43.5 Å². The number of carbonyl (C=O) groups excluding carboxylic acids is 1. The van der Waals surface area contributed by atoms with Crippen LogP contribution in [0.25, 0.3) is 0 Å². The maximum absolute atomic E-state index is 11.2. The van der Waals surface area contributed by atoms with Crippen molar-refractivity contribution in [2.45, 2.75) is 45.3 Å². The molecule has 4 N–H and O–H groups in total. The molecule has 0 bridgehead atoms. The van der Waals surface area contributed by atoms with Crippen LogP contribution in [0, 0.1) is 0 Å². The Morgan fingerprint density at radius 1 is 1.50 bits per heavy atom. The van der Waals surface area contributed by atoms with Crippen LogP contribution in [0.3, 0.4) is 0 Å². The molecule has 0 saturated carbocycles. The molecule has 0 aromatic carbocycles. The fourth-order valence-corrected chi connectivity index (χ4v) is 1.57. The van der Waals surface area contributed by atoms with Crippen molar-refractivity contribution in [3.63, 3.8) is 0 Å². The Balaban J connectivity index is 2.59. The van der Waals surface area contributed by atoms with Crippen LogP contribution in [0.2, 0.25) is 0 Å². The van der Waals surface area contributed by atoms with Crippen molar-refractivity contribution < 1.29 is 9.53 Å². The summed E-state index contributed by atoms with van der Waals surface area (Å²) in [6.07, 6.45) is 4.19. The van der Waals surface area contributed by atoms with Gasteiger partial charge >= 0.3 is 0 Å². The summed E-state index contributed by atoms with van der Waals surface area (Å²) < 4.78 is 5.63. The van der Waals surface area contributed by atoms with Gasteiger partial charge in [-0.25, -0.2) is 4.98 Å². The third kappa shape index (κ3) is 4.33. The lowest BCUT2D eigenvalue weighted by molar-refractivity contribution is 0.0991. The summed E-state index contributed by atoms with van der Waals surface area (Å²) in [5.41, 5.74) is 11.4. The van der Waals surface area contributed by atoms with Gasteiger partial charge in [0.25, 0.3) is 5.91 Å². The number of pyridine rings is 1. The Morgan fingerprint density at radius 2 is 2.22 bits per heavy atom. The van der Waals surface area contributed by atoms with Gasteiger partial charge in [-0.05, 0) is 38.3 Å². The van der Waals surface area contributed by atoms with E-state index in [1.54, 1.807) is 18.3 Å². The van der Waals surface area contributed by atoms with Crippen LogP contribution in [0.5, 0.6) is 5.88 Å². The summed E-state index contributed by atoms with van der Waals surface area (Å²) in [6, 6.07) is 3.45. The Labute approximate surface area is 108 Å². The largest absolute Gasteiger partial charge is 0.474 e. The zero-order valence-electron chi connectivity index (χ0n) is 10.9. The summed E-state index contributed by atoms with van der Waals surface area (Å²) in [7, 11) is 0. The molecule has 0 aliphatic carbocycles. The van der Waals surface area contributed by atoms with E-state index in [-0.39, 0.29) is 12.1 Å². The molecule has 0 aliphatic rings. The average molecular weight is 251 g/mol. The lowest BCUT2D eigenvalue weighted by Gasteiger charge is -2.17. The SMILES string of the molecule is CC[C@H](N)CC[C@H](C)Oc1ncccc1C(N)=O. The van der Waals surface area contributed by atoms with Gasteiger partial charge in [-0.15, -0.1) is 0 Å². The number of aromatic nitrogens is 1. The molecule has 0 saturated heterocycles. The lowest BCUT2D eigenvalue weighted by atomic mass is 10.1. The molecule has 18 heavy (non-hydrogen) atoms. The van der Waals surface area contributed by atoms with Crippen LogP contribution in [-0.4, -0.2) is 23.0 Å². The Hall–Kier alpha value is -1.62. The molecule has 1 rings (SSSR count). The van der Waals surface area contributed by atoms with E-state index in [1.165, 1.54) is 0 Å². The zero-order valence-corrected chi connectivity index (χ0v) is 10.9. The summed E-state index contributed by atoms with van der Waals surface area (Å²) in [5, 5.41) is 0. The van der Waals surface area contributed by atoms with Crippen molar-refractivity contribution in [1.82, 2.24) is 4.98 Å². The summed E-state index contributed by atoms with van der Waals surface area (Å²) in [6.45, 7) is 3.99. The minimum absolute atomic E-state index is 0.0457. The highest BCUT2D eigenvalue weighted by Gasteiger charge is 2.13. The number of carbonyl (C=O) groups is 1. The number of amides is 1. The Kier molecular flexibility index (Phi) is 5.58. The third-order valence-electron chi connectivity index (χ3n) is 2.82. The van der Waals surface area contributed by atoms with E-state index >= 15 is 0 Å². The lowest BCUT2D eigenvalue weighted by Crippen LogP contribution is -2.23. The molecule has 0 fully saturated rings. The first-order valence-electron chi connectivity index (χ1n) is 6.21. The predicted molar refractivity (Wildman–Crippen MR) is 70.3 cm³/mol. The molecule has 0 unspecified atom stereocenters. The van der Waals surface area contributed by atoms with Crippen molar-refractivity contribution >= 4 is 5.91 Å². The molecule has 2 atom stereocenters. The summed E-state index contributed by atoms with van der Waals surface area (Å²) in [4.78, 5) is 15.2. The van der Waals surface area contributed by atoms with Crippen LogP contribution < -0.4 is 16.2 Å². The second-order valence-corrected chi connectivity index (χ2v) is 4.39. The van der Waals surface area contributed by atoms with Crippen molar-refractivity contribution in [2.24, 2.45) is 11.5 Å². The number of rotatable bonds is 7. The monoisotopic (exact) mass is 251 g/mol. The number of ether oxygens (including phenoxy) is 1. The third-order valence-corrected chi connectivity index (χ3v) is 2.82. The maximum Gasteiger partial charge on any atom is 0.254 e. The molecule has 1 aromatic rings. The van der Waals surface area contributed by atoms with E-state index in [0.29, 0.717) is 11.4 Å². The van der Waals surface area contributed by atoms with E-state index in [0.717, 1.165) is 19.3 Å². The molecule has 0 radical (unpaired) electrons. The van der Waals surface area contributed by atoms with Crippen LogP contribution in [0.4, 0.5) is 0 Å². The fourth-order valence-electron chi connectivity index (χ4n) is 1.57. The van der Waals surface area contributed by atoms with E-state index in [2.05, 4.69) is 11.9 Å². The average Bonchev–Trinajstić information content (AvgIpc) is 2.36. The highest BCUT2D eigenvalue weighted by atomic mass is 16.5. The molecular weight excluding hydrogens is 230 g/mol. The molecule has 1 heterocycles. The molecule has 1 amide bonds. The standard InChI is InChI=1S/C13H21N3O2/c1-3-10(14)7-6-9(2)18-13-11(12(15)17)5-4-8-16-13/h4-5,8-10H,3,6-7,14H2,1-2H3,(H2,15,17)/t9-,10-/m0/s1. The molecule has 5 nitrogen and oxygen atoms in total. The van der Waals surface area contributed by atoms with E-state index in [9.17, 15) is 4.79 Å². The highest BCUT2D eigenvalue weighted by molar-refractivity contribution is 5.94. The first kappa shape index (κ1) is 14.4. The number of hydrogen-bond donors (Lipinski definition) is 2. The fraction of sp³-hybridized carbons (Fsp3) is 0.538. The molecule has 0 aliphatic heterocycles. The molecule has 100 valence electrons. The minimum atomic E-state index is -0.532. The number of nitrogens with zero attached hydrogens (tertiary/aromatic N) is 1. The molecule has 0 spiro atoms. The maximum atomic E-state index is 11.2. The van der Waals surface area contributed by atoms with Gasteiger partial charge in [-0.2, -0.15) is 0 Å². The molecule has 5 heteroatoms. The normalized spacial score (nSPS) is 13.9. The van der Waals surface area contributed by atoms with Crippen molar-refractivity contribution in [2.75, 3.05) is 0 Å². The predicted octanol–water partition coefficient (Wildman–Crippen LogP) is 1.47. The number of nitrogens with two attached hydrogens (primary N) is 2. The van der Waals surface area contributed by atoms with Gasteiger partial charge in [0.2, 0.25) is 5.88 Å². The van der Waals surface area contributed by atoms with Gasteiger partial charge in [0.15, 0.2) is 0 Å². The van der Waals surface area contributed by atoms with Crippen molar-refractivity contribution in [3.8, 4) is 5.88 Å². The molecule has 1 aromatic heterocycles.